The van der Waals surface area contributed by atoms with E-state index in [4.69, 9.17) is 0 Å². The summed E-state index contributed by atoms with van der Waals surface area (Å²) in [6, 6.07) is 20.3. The largest absolute Gasteiger partial charge is 0.368 e. The molecule has 0 N–H and O–H groups in total. The number of benzene rings is 3. The highest BCUT2D eigenvalue weighted by atomic mass is 79.9. The molecule has 1 amide bonds. The molecular weight excluding hydrogens is 533 g/mol. The molecule has 1 fully saturated rings. The second-order valence-corrected chi connectivity index (χ2v) is 11.4. The van der Waals surface area contributed by atoms with Crippen LogP contribution in [0, 0.1) is 12.7 Å². The molecule has 0 spiro atoms. The van der Waals surface area contributed by atoms with Crippen molar-refractivity contribution in [3.8, 4) is 0 Å². The smallest absolute Gasteiger partial charge is 0.243 e. The third kappa shape index (κ3) is 6.28. The zero-order chi connectivity index (χ0) is 25.0. The fourth-order valence-corrected chi connectivity index (χ4v) is 5.64. The van der Waals surface area contributed by atoms with Gasteiger partial charge in [0, 0.05) is 42.9 Å². The molecule has 184 valence electrons. The highest BCUT2D eigenvalue weighted by Gasteiger charge is 2.30. The first-order valence-electron chi connectivity index (χ1n) is 11.3. The molecule has 1 aliphatic heterocycles. The summed E-state index contributed by atoms with van der Waals surface area (Å²) in [5.41, 5.74) is 2.79. The molecule has 3 aromatic carbocycles. The molecule has 6 nitrogen and oxygen atoms in total. The van der Waals surface area contributed by atoms with Crippen LogP contribution in [0.4, 0.5) is 10.1 Å². The van der Waals surface area contributed by atoms with Crippen LogP contribution in [0.5, 0.6) is 0 Å². The molecule has 0 radical (unpaired) electrons. The zero-order valence-electron chi connectivity index (χ0n) is 19.4. The highest BCUT2D eigenvalue weighted by molar-refractivity contribution is 9.10. The van der Waals surface area contributed by atoms with Crippen LogP contribution < -0.4 is 4.90 Å². The fourth-order valence-electron chi connectivity index (χ4n) is 4.00. The minimum Gasteiger partial charge on any atom is -0.368 e. The van der Waals surface area contributed by atoms with Crippen molar-refractivity contribution in [3.63, 3.8) is 0 Å². The van der Waals surface area contributed by atoms with E-state index in [1.165, 1.54) is 28.6 Å². The maximum atomic E-state index is 13.5. The van der Waals surface area contributed by atoms with Crippen LogP contribution in [-0.4, -0.2) is 56.3 Å². The average molecular weight is 560 g/mol. The number of piperazine rings is 1. The zero-order valence-corrected chi connectivity index (χ0v) is 21.8. The second kappa shape index (κ2) is 10.9. The third-order valence-corrected chi connectivity index (χ3v) is 8.40. The summed E-state index contributed by atoms with van der Waals surface area (Å²) in [6.45, 7) is 3.93. The van der Waals surface area contributed by atoms with Gasteiger partial charge in [0.2, 0.25) is 15.9 Å². The Hall–Kier alpha value is -2.75. The molecule has 0 atom stereocenters. The van der Waals surface area contributed by atoms with E-state index >= 15 is 0 Å². The molecule has 4 rings (SSSR count). The van der Waals surface area contributed by atoms with E-state index in [9.17, 15) is 17.6 Å². The van der Waals surface area contributed by atoms with Gasteiger partial charge in [-0.2, -0.15) is 4.31 Å². The molecule has 35 heavy (non-hydrogen) atoms. The van der Waals surface area contributed by atoms with Gasteiger partial charge in [-0.05, 0) is 61.0 Å². The number of aryl methyl sites for hydroxylation is 1. The van der Waals surface area contributed by atoms with Crippen molar-refractivity contribution in [1.82, 2.24) is 9.21 Å². The van der Waals surface area contributed by atoms with E-state index in [-0.39, 0.29) is 29.7 Å². The molecule has 3 aromatic rings. The topological polar surface area (TPSA) is 60.9 Å². The van der Waals surface area contributed by atoms with Gasteiger partial charge in [0.05, 0.1) is 11.4 Å². The number of rotatable bonds is 7. The minimum absolute atomic E-state index is 0.0972. The quantitative estimate of drug-likeness (QED) is 0.429. The molecule has 0 bridgehead atoms. The van der Waals surface area contributed by atoms with Gasteiger partial charge in [-0.3, -0.25) is 4.79 Å². The van der Waals surface area contributed by atoms with Crippen molar-refractivity contribution >= 4 is 37.5 Å². The van der Waals surface area contributed by atoms with E-state index < -0.39 is 10.0 Å². The lowest BCUT2D eigenvalue weighted by Gasteiger charge is -2.37. The number of carbonyl (C=O) groups is 1. The molecule has 1 heterocycles. The fraction of sp³-hybridized carbons (Fsp3) is 0.269. The van der Waals surface area contributed by atoms with Crippen molar-refractivity contribution in [2.24, 2.45) is 0 Å². The van der Waals surface area contributed by atoms with Gasteiger partial charge >= 0.3 is 0 Å². The summed E-state index contributed by atoms with van der Waals surface area (Å²) in [7, 11) is -3.90. The van der Waals surface area contributed by atoms with E-state index in [1.54, 1.807) is 29.2 Å². The monoisotopic (exact) mass is 559 g/mol. The first-order chi connectivity index (χ1) is 16.7. The van der Waals surface area contributed by atoms with E-state index in [2.05, 4.69) is 20.8 Å². The van der Waals surface area contributed by atoms with Gasteiger partial charge in [0.1, 0.15) is 5.82 Å². The summed E-state index contributed by atoms with van der Waals surface area (Å²) in [6.07, 6.45) is 0. The van der Waals surface area contributed by atoms with Crippen LogP contribution in [0.2, 0.25) is 0 Å². The maximum absolute atomic E-state index is 13.5. The summed E-state index contributed by atoms with van der Waals surface area (Å²) < 4.78 is 42.2. The van der Waals surface area contributed by atoms with Crippen LogP contribution >= 0.6 is 15.9 Å². The highest BCUT2D eigenvalue weighted by Crippen LogP contribution is 2.22. The van der Waals surface area contributed by atoms with Gasteiger partial charge in [-0.25, -0.2) is 12.8 Å². The molecule has 0 saturated carbocycles. The summed E-state index contributed by atoms with van der Waals surface area (Å²) >= 11 is 3.34. The second-order valence-electron chi connectivity index (χ2n) is 8.56. The van der Waals surface area contributed by atoms with E-state index in [1.807, 2.05) is 31.2 Å². The van der Waals surface area contributed by atoms with E-state index in [0.29, 0.717) is 26.2 Å². The molecule has 1 aliphatic rings. The number of sulfonamides is 1. The van der Waals surface area contributed by atoms with Crippen molar-refractivity contribution in [2.75, 3.05) is 37.6 Å². The van der Waals surface area contributed by atoms with Gasteiger partial charge < -0.3 is 9.80 Å². The van der Waals surface area contributed by atoms with E-state index in [0.717, 1.165) is 21.3 Å². The molecule has 0 unspecified atom stereocenters. The summed E-state index contributed by atoms with van der Waals surface area (Å²) in [5, 5.41) is 0. The first-order valence-corrected chi connectivity index (χ1v) is 13.6. The number of nitrogens with zero attached hydrogens (tertiary/aromatic N) is 3. The Morgan fingerprint density at radius 1 is 0.914 bits per heavy atom. The third-order valence-electron chi connectivity index (χ3n) is 6.07. The van der Waals surface area contributed by atoms with Gasteiger partial charge in [0.25, 0.3) is 0 Å². The van der Waals surface area contributed by atoms with Crippen LogP contribution in [0.3, 0.4) is 0 Å². The number of hydrogen-bond donors (Lipinski definition) is 0. The Bertz CT molecular complexity index is 1260. The minimum atomic E-state index is -3.90. The normalized spacial score (nSPS) is 14.4. The van der Waals surface area contributed by atoms with Crippen molar-refractivity contribution in [1.29, 1.82) is 0 Å². The van der Waals surface area contributed by atoms with Crippen molar-refractivity contribution in [3.05, 3.63) is 94.2 Å². The summed E-state index contributed by atoms with van der Waals surface area (Å²) in [5.74, 6) is -0.528. The van der Waals surface area contributed by atoms with Gasteiger partial charge in [0.15, 0.2) is 0 Å². The van der Waals surface area contributed by atoms with Crippen molar-refractivity contribution < 1.29 is 17.6 Å². The van der Waals surface area contributed by atoms with Gasteiger partial charge in [-0.15, -0.1) is 0 Å². The lowest BCUT2D eigenvalue weighted by molar-refractivity contribution is -0.131. The Labute approximate surface area is 214 Å². The Morgan fingerprint density at radius 2 is 1.51 bits per heavy atom. The predicted molar refractivity (Wildman–Crippen MR) is 138 cm³/mol. The predicted octanol–water partition coefficient (Wildman–Crippen LogP) is 4.44. The van der Waals surface area contributed by atoms with Crippen LogP contribution in [0.25, 0.3) is 0 Å². The standard InChI is InChI=1S/C26H27BrFN3O3S/c1-20-2-4-21(5-3-20)18-31(35(33,34)25-12-6-22(27)7-13-25)19-26(32)30-16-14-29(15-17-30)24-10-8-23(28)9-11-24/h2-13H,14-19H2,1H3. The van der Waals surface area contributed by atoms with Crippen LogP contribution in [0.1, 0.15) is 11.1 Å². The average Bonchev–Trinajstić information content (AvgIpc) is 2.86. The Balaban J connectivity index is 1.49. The number of carbonyl (C=O) groups excluding carboxylic acids is 1. The lowest BCUT2D eigenvalue weighted by Crippen LogP contribution is -2.51. The van der Waals surface area contributed by atoms with Crippen LogP contribution in [0.15, 0.2) is 82.2 Å². The molecule has 0 aliphatic carbocycles. The molecule has 9 heteroatoms. The van der Waals surface area contributed by atoms with Crippen LogP contribution in [-0.2, 0) is 21.4 Å². The number of hydrogen-bond acceptors (Lipinski definition) is 4. The van der Waals surface area contributed by atoms with Crippen molar-refractivity contribution in [2.45, 2.75) is 18.4 Å². The molecule has 1 saturated heterocycles. The number of amides is 1. The SMILES string of the molecule is Cc1ccc(CN(CC(=O)N2CCN(c3ccc(F)cc3)CC2)S(=O)(=O)c2ccc(Br)cc2)cc1. The number of anilines is 1. The molecular formula is C26H27BrFN3O3S. The Kier molecular flexibility index (Phi) is 7.88. The Morgan fingerprint density at radius 3 is 2.11 bits per heavy atom. The lowest BCUT2D eigenvalue weighted by atomic mass is 10.1. The number of halogens is 2. The summed E-state index contributed by atoms with van der Waals surface area (Å²) in [4.78, 5) is 17.1. The van der Waals surface area contributed by atoms with Gasteiger partial charge in [-0.1, -0.05) is 45.8 Å². The maximum Gasteiger partial charge on any atom is 0.243 e. The molecule has 0 aromatic heterocycles. The first kappa shape index (κ1) is 25.3.